The lowest BCUT2D eigenvalue weighted by atomic mass is 10.1. The Morgan fingerprint density at radius 3 is 2.47 bits per heavy atom. The van der Waals surface area contributed by atoms with Gasteiger partial charge in [0.15, 0.2) is 0 Å². The fourth-order valence-electron chi connectivity index (χ4n) is 1.43. The highest BCUT2D eigenvalue weighted by Gasteiger charge is 2.15. The van der Waals surface area contributed by atoms with Crippen molar-refractivity contribution in [2.24, 2.45) is 5.92 Å². The molecule has 0 aliphatic heterocycles. The van der Waals surface area contributed by atoms with Gasteiger partial charge in [0.2, 0.25) is 0 Å². The van der Waals surface area contributed by atoms with Crippen LogP contribution in [0.1, 0.15) is 18.9 Å². The lowest BCUT2D eigenvalue weighted by molar-refractivity contribution is -0.141. The summed E-state index contributed by atoms with van der Waals surface area (Å²) in [5.41, 5.74) is 1.04. The third kappa shape index (κ3) is 4.68. The normalized spacial score (nSPS) is 11.2. The highest BCUT2D eigenvalue weighted by atomic mass is 16.4. The Morgan fingerprint density at radius 2 is 2.00 bits per heavy atom. The van der Waals surface area contributed by atoms with Crippen molar-refractivity contribution < 1.29 is 14.7 Å². The second kappa shape index (κ2) is 7.01. The molecule has 0 bridgehead atoms. The molecule has 0 spiro atoms. The van der Waals surface area contributed by atoms with Gasteiger partial charge in [-0.15, -0.1) is 0 Å². The van der Waals surface area contributed by atoms with Crippen LogP contribution < -0.4 is 10.6 Å². The van der Waals surface area contributed by atoms with Crippen LogP contribution in [-0.2, 0) is 4.79 Å². The molecule has 0 saturated heterocycles. The number of carbonyl (C=O) groups excluding carboxylic acids is 1. The van der Waals surface area contributed by atoms with E-state index in [9.17, 15) is 9.59 Å². The van der Waals surface area contributed by atoms with E-state index in [1.54, 1.807) is 31.2 Å². The number of carboxylic acid groups (broad SMARTS) is 1. The number of nitrogens with one attached hydrogen (secondary N) is 2. The van der Waals surface area contributed by atoms with Gasteiger partial charge >= 0.3 is 12.0 Å². The van der Waals surface area contributed by atoms with Gasteiger partial charge in [-0.2, -0.15) is 5.26 Å². The zero-order chi connectivity index (χ0) is 14.3. The van der Waals surface area contributed by atoms with E-state index in [0.717, 1.165) is 0 Å². The van der Waals surface area contributed by atoms with E-state index < -0.39 is 17.9 Å². The van der Waals surface area contributed by atoms with Crippen LogP contribution in [0, 0.1) is 17.2 Å². The molecule has 1 aromatic carbocycles. The van der Waals surface area contributed by atoms with Gasteiger partial charge in [0.25, 0.3) is 0 Å². The lowest BCUT2D eigenvalue weighted by Crippen LogP contribution is -2.35. The van der Waals surface area contributed by atoms with Crippen LogP contribution in [0.15, 0.2) is 24.3 Å². The average Bonchev–Trinajstić information content (AvgIpc) is 2.40. The summed E-state index contributed by atoms with van der Waals surface area (Å²) < 4.78 is 0. The number of hydrogen-bond acceptors (Lipinski definition) is 3. The number of nitrogens with zero attached hydrogens (tertiary/aromatic N) is 1. The lowest BCUT2D eigenvalue weighted by Gasteiger charge is -2.11. The first-order valence-electron chi connectivity index (χ1n) is 5.84. The summed E-state index contributed by atoms with van der Waals surface area (Å²) in [4.78, 5) is 22.3. The summed E-state index contributed by atoms with van der Waals surface area (Å²) in [6.07, 6.45) is 0.451. The Balaban J connectivity index is 2.46. The molecule has 3 N–H and O–H groups in total. The van der Waals surface area contributed by atoms with E-state index in [-0.39, 0.29) is 6.54 Å². The van der Waals surface area contributed by atoms with Gasteiger partial charge in [-0.1, -0.05) is 6.92 Å². The molecule has 6 nitrogen and oxygen atoms in total. The average molecular weight is 261 g/mol. The van der Waals surface area contributed by atoms with Crippen molar-refractivity contribution in [3.8, 4) is 6.07 Å². The summed E-state index contributed by atoms with van der Waals surface area (Å²) in [6.45, 7) is 1.83. The number of anilines is 1. The van der Waals surface area contributed by atoms with Crippen LogP contribution in [0.25, 0.3) is 0 Å². The van der Waals surface area contributed by atoms with E-state index in [2.05, 4.69) is 10.6 Å². The molecule has 0 saturated carbocycles. The van der Waals surface area contributed by atoms with Crippen LogP contribution in [0.3, 0.4) is 0 Å². The van der Waals surface area contributed by atoms with Gasteiger partial charge in [-0.3, -0.25) is 4.79 Å². The van der Waals surface area contributed by atoms with Crippen molar-refractivity contribution in [1.29, 1.82) is 5.26 Å². The van der Waals surface area contributed by atoms with Gasteiger partial charge in [-0.05, 0) is 30.7 Å². The molecule has 0 fully saturated rings. The number of benzene rings is 1. The van der Waals surface area contributed by atoms with E-state index in [1.807, 2.05) is 6.07 Å². The predicted octanol–water partition coefficient (Wildman–Crippen LogP) is 1.79. The summed E-state index contributed by atoms with van der Waals surface area (Å²) in [5.74, 6) is -1.52. The molecule has 100 valence electrons. The SMILES string of the molecule is CCC(CNC(=O)Nc1ccc(C#N)cc1)C(=O)O. The maximum atomic E-state index is 11.5. The van der Waals surface area contributed by atoms with Crippen LogP contribution in [0.2, 0.25) is 0 Å². The minimum absolute atomic E-state index is 0.0773. The van der Waals surface area contributed by atoms with E-state index in [0.29, 0.717) is 17.7 Å². The largest absolute Gasteiger partial charge is 0.481 e. The van der Waals surface area contributed by atoms with Crippen LogP contribution in [0.4, 0.5) is 10.5 Å². The van der Waals surface area contributed by atoms with Crippen molar-refractivity contribution in [2.45, 2.75) is 13.3 Å². The van der Waals surface area contributed by atoms with E-state index >= 15 is 0 Å². The Morgan fingerprint density at radius 1 is 1.37 bits per heavy atom. The number of carbonyl (C=O) groups is 2. The number of carboxylic acids is 1. The fraction of sp³-hybridized carbons (Fsp3) is 0.308. The maximum absolute atomic E-state index is 11.5. The zero-order valence-electron chi connectivity index (χ0n) is 10.5. The molecule has 1 rings (SSSR count). The second-order valence-corrected chi connectivity index (χ2v) is 3.97. The maximum Gasteiger partial charge on any atom is 0.319 e. The van der Waals surface area contributed by atoms with E-state index in [1.165, 1.54) is 0 Å². The summed E-state index contributed by atoms with van der Waals surface area (Å²) in [6, 6.07) is 7.88. The number of aliphatic carboxylic acids is 1. The Kier molecular flexibility index (Phi) is 5.35. The smallest absolute Gasteiger partial charge is 0.319 e. The topological polar surface area (TPSA) is 102 Å². The standard InChI is InChI=1S/C13H15N3O3/c1-2-10(12(17)18)8-15-13(19)16-11-5-3-9(7-14)4-6-11/h3-6,10H,2,8H2,1H3,(H,17,18)(H2,15,16,19). The molecule has 6 heteroatoms. The Bertz CT molecular complexity index is 491. The molecular formula is C13H15N3O3. The zero-order valence-corrected chi connectivity index (χ0v) is 10.5. The minimum atomic E-state index is -0.929. The van der Waals surface area contributed by atoms with Crippen LogP contribution >= 0.6 is 0 Å². The second-order valence-electron chi connectivity index (χ2n) is 3.97. The number of amides is 2. The molecule has 1 unspecified atom stereocenters. The van der Waals surface area contributed by atoms with Gasteiger partial charge < -0.3 is 15.7 Å². The molecule has 19 heavy (non-hydrogen) atoms. The molecular weight excluding hydrogens is 246 g/mol. The first-order valence-corrected chi connectivity index (χ1v) is 5.84. The summed E-state index contributed by atoms with van der Waals surface area (Å²) >= 11 is 0. The Labute approximate surface area is 111 Å². The quantitative estimate of drug-likeness (QED) is 0.751. The summed E-state index contributed by atoms with van der Waals surface area (Å²) in [7, 11) is 0. The minimum Gasteiger partial charge on any atom is -0.481 e. The predicted molar refractivity (Wildman–Crippen MR) is 69.6 cm³/mol. The Hall–Kier alpha value is -2.55. The van der Waals surface area contributed by atoms with Crippen molar-refractivity contribution in [1.82, 2.24) is 5.32 Å². The van der Waals surface area contributed by atoms with Crippen LogP contribution in [-0.4, -0.2) is 23.7 Å². The van der Waals surface area contributed by atoms with Crippen molar-refractivity contribution >= 4 is 17.7 Å². The number of urea groups is 1. The highest BCUT2D eigenvalue weighted by Crippen LogP contribution is 2.08. The third-order valence-electron chi connectivity index (χ3n) is 2.62. The molecule has 2 amide bonds. The van der Waals surface area contributed by atoms with Crippen LogP contribution in [0.5, 0.6) is 0 Å². The van der Waals surface area contributed by atoms with Crippen molar-refractivity contribution in [2.75, 3.05) is 11.9 Å². The first-order chi connectivity index (χ1) is 9.06. The monoisotopic (exact) mass is 261 g/mol. The van der Waals surface area contributed by atoms with Gasteiger partial charge in [0.05, 0.1) is 17.6 Å². The molecule has 0 heterocycles. The molecule has 0 aliphatic carbocycles. The van der Waals surface area contributed by atoms with E-state index in [4.69, 9.17) is 10.4 Å². The molecule has 0 aliphatic rings. The highest BCUT2D eigenvalue weighted by molar-refractivity contribution is 5.89. The first kappa shape index (κ1) is 14.5. The third-order valence-corrected chi connectivity index (χ3v) is 2.62. The number of hydrogen-bond donors (Lipinski definition) is 3. The van der Waals surface area contributed by atoms with Gasteiger partial charge in [0.1, 0.15) is 0 Å². The summed E-state index contributed by atoms with van der Waals surface area (Å²) in [5, 5.41) is 22.5. The van der Waals surface area contributed by atoms with Crippen molar-refractivity contribution in [3.63, 3.8) is 0 Å². The fourth-order valence-corrected chi connectivity index (χ4v) is 1.43. The molecule has 0 aromatic heterocycles. The van der Waals surface area contributed by atoms with Gasteiger partial charge in [0, 0.05) is 12.2 Å². The molecule has 1 aromatic rings. The number of rotatable bonds is 5. The van der Waals surface area contributed by atoms with Crippen molar-refractivity contribution in [3.05, 3.63) is 29.8 Å². The molecule has 0 radical (unpaired) electrons. The number of nitriles is 1. The van der Waals surface area contributed by atoms with Gasteiger partial charge in [-0.25, -0.2) is 4.79 Å². The molecule has 1 atom stereocenters.